The number of methoxy groups -OCH3 is 1. The molecule has 8 nitrogen and oxygen atoms in total. The van der Waals surface area contributed by atoms with Crippen LogP contribution in [0.4, 0.5) is 5.69 Å². The van der Waals surface area contributed by atoms with E-state index in [1.807, 2.05) is 50.2 Å². The summed E-state index contributed by atoms with van der Waals surface area (Å²) in [6, 6.07) is 11.1. The zero-order chi connectivity index (χ0) is 25.1. The van der Waals surface area contributed by atoms with Crippen LogP contribution in [0.5, 0.6) is 11.5 Å². The lowest BCUT2D eigenvalue weighted by atomic mass is 10.0. The van der Waals surface area contributed by atoms with Crippen LogP contribution < -0.4 is 24.6 Å². The summed E-state index contributed by atoms with van der Waals surface area (Å²) in [7, 11) is 1.56. The molecule has 35 heavy (non-hydrogen) atoms. The number of rotatable bonds is 8. The lowest BCUT2D eigenvalue weighted by Gasteiger charge is -2.32. The fourth-order valence-corrected chi connectivity index (χ4v) is 5.25. The second-order valence-electron chi connectivity index (χ2n) is 7.63. The molecule has 0 aliphatic carbocycles. The number of benzene rings is 2. The summed E-state index contributed by atoms with van der Waals surface area (Å²) in [6.07, 6.45) is 1.29. The monoisotopic (exact) mass is 557 g/mol. The minimum atomic E-state index is -0.724. The summed E-state index contributed by atoms with van der Waals surface area (Å²) in [5.74, 6) is 1.54. The Morgan fingerprint density at radius 2 is 2.11 bits per heavy atom. The standard InChI is InChI=1S/C25H25BrN4O4S/c1-5-12-35-25-27-23(32)21-16-10-8-9-11-18(16)29(20(31)6-2)24(30(21)28-25)15-13-17(26)22(34-7-3)19(14-15)33-4/h5,8-11,13-14,24H,1,6-7,12H2,2-4H3/p+1/t24-/m1/s1. The molecular weight excluding hydrogens is 532 g/mol. The van der Waals surface area contributed by atoms with Gasteiger partial charge < -0.3 is 9.47 Å². The zero-order valence-corrected chi connectivity index (χ0v) is 22.1. The van der Waals surface area contributed by atoms with Crippen LogP contribution in [0, 0.1) is 0 Å². The highest BCUT2D eigenvalue weighted by atomic mass is 79.9. The third kappa shape index (κ3) is 4.60. The first-order valence-electron chi connectivity index (χ1n) is 11.2. The van der Waals surface area contributed by atoms with E-state index in [0.29, 0.717) is 56.0 Å². The average molecular weight is 558 g/mol. The molecule has 0 radical (unpaired) electrons. The molecule has 1 N–H and O–H groups in total. The molecule has 1 aliphatic rings. The van der Waals surface area contributed by atoms with Gasteiger partial charge in [0, 0.05) is 17.3 Å². The number of thioether (sulfide) groups is 1. The van der Waals surface area contributed by atoms with Crippen LogP contribution in [0.25, 0.3) is 11.3 Å². The first-order chi connectivity index (χ1) is 16.9. The third-order valence-corrected chi connectivity index (χ3v) is 6.95. The van der Waals surface area contributed by atoms with Gasteiger partial charge in [-0.05, 0) is 51.8 Å². The smallest absolute Gasteiger partial charge is 0.325 e. The number of nitrogens with zero attached hydrogens (tertiary/aromatic N) is 3. The topological polar surface area (TPSA) is 88.4 Å². The minimum Gasteiger partial charge on any atom is -0.493 e. The number of carbonyl (C=O) groups excluding carboxylic acids is 1. The van der Waals surface area contributed by atoms with Gasteiger partial charge in [-0.3, -0.25) is 14.6 Å². The SMILES string of the molecule is C=CCSc1n[n+]2c(c(=O)[nH]1)-c1ccccc1N(C(=O)CC)[C@H]2c1cc(Br)c(OCC)c(OC)c1. The number of amides is 1. The quantitative estimate of drug-likeness (QED) is 0.249. The molecule has 0 bridgehead atoms. The second kappa shape index (κ2) is 10.7. The van der Waals surface area contributed by atoms with Crippen molar-refractivity contribution in [3.05, 3.63) is 69.4 Å². The fourth-order valence-electron chi connectivity index (χ4n) is 4.09. The van der Waals surface area contributed by atoms with Crippen molar-refractivity contribution in [3.63, 3.8) is 0 Å². The Morgan fingerprint density at radius 3 is 2.80 bits per heavy atom. The van der Waals surface area contributed by atoms with Crippen LogP contribution in [0.1, 0.15) is 32.0 Å². The van der Waals surface area contributed by atoms with E-state index in [2.05, 4.69) is 27.5 Å². The predicted octanol–water partition coefficient (Wildman–Crippen LogP) is 4.48. The minimum absolute atomic E-state index is 0.105. The number of anilines is 1. The number of halogens is 1. The predicted molar refractivity (Wildman–Crippen MR) is 139 cm³/mol. The Kier molecular flexibility index (Phi) is 7.61. The van der Waals surface area contributed by atoms with Gasteiger partial charge in [0.05, 0.1) is 35.0 Å². The number of para-hydroxylation sites is 1. The van der Waals surface area contributed by atoms with Crippen LogP contribution >= 0.6 is 27.7 Å². The molecule has 182 valence electrons. The fraction of sp³-hybridized carbons (Fsp3) is 0.280. The molecule has 2 heterocycles. The Bertz CT molecular complexity index is 1340. The van der Waals surface area contributed by atoms with Gasteiger partial charge in [0.2, 0.25) is 11.1 Å². The third-order valence-electron chi connectivity index (χ3n) is 5.51. The van der Waals surface area contributed by atoms with Gasteiger partial charge in [0.15, 0.2) is 11.5 Å². The lowest BCUT2D eigenvalue weighted by Crippen LogP contribution is -2.60. The molecule has 2 aromatic carbocycles. The molecule has 1 atom stereocenters. The van der Waals surface area contributed by atoms with E-state index in [4.69, 9.17) is 14.6 Å². The molecule has 0 fully saturated rings. The van der Waals surface area contributed by atoms with E-state index >= 15 is 0 Å². The highest BCUT2D eigenvalue weighted by Gasteiger charge is 2.45. The van der Waals surface area contributed by atoms with Gasteiger partial charge in [0.1, 0.15) is 0 Å². The molecular formula is C25H26BrN4O4S+. The summed E-state index contributed by atoms with van der Waals surface area (Å²) < 4.78 is 13.7. The highest BCUT2D eigenvalue weighted by molar-refractivity contribution is 9.10. The van der Waals surface area contributed by atoms with E-state index < -0.39 is 6.17 Å². The number of H-pyrrole nitrogens is 1. The van der Waals surface area contributed by atoms with Crippen molar-refractivity contribution < 1.29 is 19.0 Å². The molecule has 0 unspecified atom stereocenters. The number of ether oxygens (including phenoxy) is 2. The molecule has 1 aliphatic heterocycles. The largest absolute Gasteiger partial charge is 0.493 e. The Morgan fingerprint density at radius 1 is 1.34 bits per heavy atom. The van der Waals surface area contributed by atoms with Gasteiger partial charge in [-0.25, -0.2) is 4.90 Å². The number of fused-ring (bicyclic) bond motifs is 3. The van der Waals surface area contributed by atoms with Gasteiger partial charge in [-0.2, -0.15) is 0 Å². The van der Waals surface area contributed by atoms with E-state index in [0.717, 1.165) is 0 Å². The molecule has 1 aromatic heterocycles. The highest BCUT2D eigenvalue weighted by Crippen LogP contribution is 2.42. The second-order valence-corrected chi connectivity index (χ2v) is 9.49. The summed E-state index contributed by atoms with van der Waals surface area (Å²) in [5.41, 5.74) is 2.07. The molecule has 1 amide bonds. The van der Waals surface area contributed by atoms with Crippen molar-refractivity contribution in [2.45, 2.75) is 31.6 Å². The normalized spacial score (nSPS) is 14.2. The summed E-state index contributed by atoms with van der Waals surface area (Å²) >= 11 is 4.95. The van der Waals surface area contributed by atoms with E-state index in [1.165, 1.54) is 11.8 Å². The molecule has 10 heteroatoms. The number of aromatic nitrogens is 3. The van der Waals surface area contributed by atoms with Gasteiger partial charge in [-0.1, -0.05) is 36.9 Å². The molecule has 0 saturated heterocycles. The average Bonchev–Trinajstić information content (AvgIpc) is 2.87. The lowest BCUT2D eigenvalue weighted by molar-refractivity contribution is -0.763. The van der Waals surface area contributed by atoms with Crippen LogP contribution in [0.2, 0.25) is 0 Å². The van der Waals surface area contributed by atoms with Crippen LogP contribution in [0.3, 0.4) is 0 Å². The van der Waals surface area contributed by atoms with Crippen LogP contribution in [-0.2, 0) is 4.79 Å². The number of carbonyl (C=O) groups is 1. The number of nitrogens with one attached hydrogen (secondary N) is 1. The summed E-state index contributed by atoms with van der Waals surface area (Å²) in [4.78, 5) is 31.3. The van der Waals surface area contributed by atoms with Crippen molar-refractivity contribution in [1.82, 2.24) is 10.1 Å². The van der Waals surface area contributed by atoms with Gasteiger partial charge in [0.25, 0.3) is 6.17 Å². The maximum absolute atomic E-state index is 13.4. The number of hydrogen-bond donors (Lipinski definition) is 1. The first-order valence-corrected chi connectivity index (χ1v) is 12.9. The summed E-state index contributed by atoms with van der Waals surface area (Å²) in [6.45, 7) is 7.91. The van der Waals surface area contributed by atoms with Gasteiger partial charge in [-0.15, -0.1) is 6.58 Å². The van der Waals surface area contributed by atoms with Gasteiger partial charge >= 0.3 is 11.3 Å². The Hall–Kier alpha value is -3.11. The van der Waals surface area contributed by atoms with Crippen molar-refractivity contribution in [2.24, 2.45) is 0 Å². The number of hydrogen-bond acceptors (Lipinski definition) is 6. The summed E-state index contributed by atoms with van der Waals surface area (Å²) in [5, 5.41) is 5.21. The number of aromatic amines is 1. The molecule has 0 saturated carbocycles. The van der Waals surface area contributed by atoms with Crippen molar-refractivity contribution >= 4 is 39.3 Å². The Balaban J connectivity index is 2.04. The van der Waals surface area contributed by atoms with Crippen molar-refractivity contribution in [1.29, 1.82) is 0 Å². The van der Waals surface area contributed by atoms with Crippen molar-refractivity contribution in [2.75, 3.05) is 24.4 Å². The first kappa shape index (κ1) is 25.0. The zero-order valence-electron chi connectivity index (χ0n) is 19.7. The van der Waals surface area contributed by atoms with Crippen molar-refractivity contribution in [3.8, 4) is 22.8 Å². The molecule has 3 aromatic rings. The molecule has 0 spiro atoms. The Labute approximate surface area is 216 Å². The maximum atomic E-state index is 13.4. The van der Waals surface area contributed by atoms with Crippen LogP contribution in [0.15, 0.2) is 63.5 Å². The van der Waals surface area contributed by atoms with E-state index in [-0.39, 0.29) is 17.9 Å². The van der Waals surface area contributed by atoms with E-state index in [1.54, 1.807) is 22.8 Å². The molecule has 4 rings (SSSR count). The maximum Gasteiger partial charge on any atom is 0.325 e. The van der Waals surface area contributed by atoms with E-state index in [9.17, 15) is 9.59 Å². The van der Waals surface area contributed by atoms with Crippen LogP contribution in [-0.4, -0.2) is 35.5 Å².